The number of nitrogens with zero attached hydrogens (tertiary/aromatic N) is 3. The number of urea groups is 1. The Hall–Kier alpha value is -1.89. The average Bonchev–Trinajstić information content (AvgIpc) is 3.10. The fourth-order valence-electron chi connectivity index (χ4n) is 3.43. The maximum atomic E-state index is 12.7. The Kier molecular flexibility index (Phi) is 4.26. The van der Waals surface area contributed by atoms with E-state index in [0.717, 1.165) is 30.9 Å². The van der Waals surface area contributed by atoms with Crippen LogP contribution in [0.2, 0.25) is 0 Å². The van der Waals surface area contributed by atoms with E-state index < -0.39 is 0 Å². The zero-order valence-corrected chi connectivity index (χ0v) is 14.7. The van der Waals surface area contributed by atoms with E-state index in [1.807, 2.05) is 17.3 Å². The van der Waals surface area contributed by atoms with Crippen LogP contribution in [0.1, 0.15) is 53.2 Å². The van der Waals surface area contributed by atoms with E-state index >= 15 is 0 Å². The number of hydrogen-bond acceptors (Lipinski definition) is 4. The summed E-state index contributed by atoms with van der Waals surface area (Å²) in [5.41, 5.74) is 1.18. The second-order valence-corrected chi connectivity index (χ2v) is 8.11. The van der Waals surface area contributed by atoms with Crippen molar-refractivity contribution in [2.45, 2.75) is 44.6 Å². The van der Waals surface area contributed by atoms with E-state index in [1.54, 1.807) is 17.7 Å². The van der Waals surface area contributed by atoms with Gasteiger partial charge in [-0.1, -0.05) is 0 Å². The molecule has 2 aromatic rings. The summed E-state index contributed by atoms with van der Waals surface area (Å²) in [6, 6.07) is 0.143. The monoisotopic (exact) mass is 345 g/mol. The molecule has 0 bridgehead atoms. The molecule has 1 aliphatic carbocycles. The number of carbonyl (C=O) groups is 1. The van der Waals surface area contributed by atoms with Crippen LogP contribution >= 0.6 is 11.3 Å². The summed E-state index contributed by atoms with van der Waals surface area (Å²) in [4.78, 5) is 27.6. The van der Waals surface area contributed by atoms with Crippen LogP contribution in [0.25, 0.3) is 0 Å². The molecule has 0 radical (unpaired) electrons. The third-order valence-corrected chi connectivity index (χ3v) is 6.01. The van der Waals surface area contributed by atoms with Crippen molar-refractivity contribution in [2.24, 2.45) is 5.92 Å². The molecule has 2 fully saturated rings. The van der Waals surface area contributed by atoms with Crippen LogP contribution in [0.4, 0.5) is 4.79 Å². The zero-order valence-electron chi connectivity index (χ0n) is 13.9. The third kappa shape index (κ3) is 3.31. The highest BCUT2D eigenvalue weighted by Gasteiger charge is 2.36. The van der Waals surface area contributed by atoms with Crippen molar-refractivity contribution in [3.05, 3.63) is 34.3 Å². The van der Waals surface area contributed by atoms with E-state index in [4.69, 9.17) is 0 Å². The van der Waals surface area contributed by atoms with Gasteiger partial charge < -0.3 is 15.2 Å². The molecule has 2 aromatic heterocycles. The van der Waals surface area contributed by atoms with Gasteiger partial charge in [-0.2, -0.15) is 0 Å². The van der Waals surface area contributed by atoms with Crippen molar-refractivity contribution in [1.82, 2.24) is 25.2 Å². The first-order valence-corrected chi connectivity index (χ1v) is 9.48. The number of aromatic amines is 1. The van der Waals surface area contributed by atoms with Crippen molar-refractivity contribution < 1.29 is 4.79 Å². The number of imidazole rings is 1. The molecule has 1 aliphatic heterocycles. The lowest BCUT2D eigenvalue weighted by Crippen LogP contribution is -2.45. The van der Waals surface area contributed by atoms with Gasteiger partial charge in [0.05, 0.1) is 12.4 Å². The number of aromatic nitrogens is 3. The fourth-order valence-corrected chi connectivity index (χ4v) is 4.35. The van der Waals surface area contributed by atoms with Gasteiger partial charge in [0.15, 0.2) is 0 Å². The number of rotatable bonds is 4. The highest BCUT2D eigenvalue weighted by atomic mass is 32.1. The molecule has 1 atom stereocenters. The Bertz CT molecular complexity index is 686. The number of thiazole rings is 1. The topological polar surface area (TPSA) is 73.9 Å². The van der Waals surface area contributed by atoms with Crippen LogP contribution in [0, 0.1) is 12.8 Å². The Morgan fingerprint density at radius 2 is 2.12 bits per heavy atom. The van der Waals surface area contributed by atoms with Gasteiger partial charge in [0.2, 0.25) is 0 Å². The minimum Gasteiger partial charge on any atom is -0.348 e. The number of amides is 2. The Morgan fingerprint density at radius 3 is 2.71 bits per heavy atom. The molecule has 0 unspecified atom stereocenters. The van der Waals surface area contributed by atoms with Crippen LogP contribution in [0.5, 0.6) is 0 Å². The van der Waals surface area contributed by atoms with E-state index in [9.17, 15) is 4.79 Å². The number of hydrogen-bond donors (Lipinski definition) is 2. The Morgan fingerprint density at radius 1 is 1.33 bits per heavy atom. The summed E-state index contributed by atoms with van der Waals surface area (Å²) < 4.78 is 0. The molecule has 7 heteroatoms. The molecule has 0 spiro atoms. The molecule has 1 saturated carbocycles. The van der Waals surface area contributed by atoms with Crippen molar-refractivity contribution in [3.63, 3.8) is 0 Å². The van der Waals surface area contributed by atoms with Crippen LogP contribution in [0.3, 0.4) is 0 Å². The van der Waals surface area contributed by atoms with Gasteiger partial charge in [-0.15, -0.1) is 11.3 Å². The maximum absolute atomic E-state index is 12.7. The van der Waals surface area contributed by atoms with Gasteiger partial charge in [0, 0.05) is 42.0 Å². The number of likely N-dealkylation sites (tertiary alicyclic amines) is 1. The molecule has 3 heterocycles. The van der Waals surface area contributed by atoms with Gasteiger partial charge in [-0.25, -0.2) is 14.8 Å². The highest BCUT2D eigenvalue weighted by Crippen LogP contribution is 2.42. The lowest BCUT2D eigenvalue weighted by atomic mass is 9.94. The summed E-state index contributed by atoms with van der Waals surface area (Å²) in [6.45, 7) is 3.65. The molecule has 6 nitrogen and oxygen atoms in total. The van der Waals surface area contributed by atoms with Crippen molar-refractivity contribution in [3.8, 4) is 0 Å². The molecule has 2 aliphatic rings. The Labute approximate surface area is 145 Å². The molecular weight excluding hydrogens is 322 g/mol. The Balaban J connectivity index is 1.36. The summed E-state index contributed by atoms with van der Waals surface area (Å²) in [7, 11) is 0. The molecule has 24 heavy (non-hydrogen) atoms. The lowest BCUT2D eigenvalue weighted by molar-refractivity contribution is 0.176. The lowest BCUT2D eigenvalue weighted by Gasteiger charge is -2.32. The SMILES string of the molecule is Cc1cnc([C@@H](NC(=O)N2CCC(c3cnc[nH]3)CC2)C2CC2)s1. The first-order chi connectivity index (χ1) is 11.7. The first-order valence-electron chi connectivity index (χ1n) is 8.67. The number of nitrogens with one attached hydrogen (secondary N) is 2. The largest absolute Gasteiger partial charge is 0.348 e. The normalized spacial score (nSPS) is 20.1. The quantitative estimate of drug-likeness (QED) is 0.893. The minimum absolute atomic E-state index is 0.0582. The van der Waals surface area contributed by atoms with Gasteiger partial charge in [0.1, 0.15) is 5.01 Å². The fraction of sp³-hybridized carbons (Fsp3) is 0.588. The van der Waals surface area contributed by atoms with E-state index in [2.05, 4.69) is 27.2 Å². The summed E-state index contributed by atoms with van der Waals surface area (Å²) >= 11 is 1.70. The van der Waals surface area contributed by atoms with Crippen molar-refractivity contribution >= 4 is 17.4 Å². The van der Waals surface area contributed by atoms with Crippen LogP contribution in [-0.4, -0.2) is 39.0 Å². The van der Waals surface area contributed by atoms with Gasteiger partial charge in [-0.3, -0.25) is 0 Å². The summed E-state index contributed by atoms with van der Waals surface area (Å²) in [6.07, 6.45) is 9.87. The van der Waals surface area contributed by atoms with E-state index in [-0.39, 0.29) is 12.1 Å². The van der Waals surface area contributed by atoms with Gasteiger partial charge in [0.25, 0.3) is 0 Å². The molecule has 1 saturated heterocycles. The number of carbonyl (C=O) groups excluding carboxylic acids is 1. The second kappa shape index (κ2) is 6.55. The standard InChI is InChI=1S/C17H23N5OS/c1-11-8-19-16(24-11)15(13-2-3-13)21-17(23)22-6-4-12(5-7-22)14-9-18-10-20-14/h8-10,12-13,15H,2-7H2,1H3,(H,18,20)(H,21,23)/t15-/m0/s1. The summed E-state index contributed by atoms with van der Waals surface area (Å²) in [5.74, 6) is 1.04. The number of H-pyrrole nitrogens is 1. The molecule has 2 amide bonds. The first kappa shape index (κ1) is 15.6. The van der Waals surface area contributed by atoms with Crippen LogP contribution in [-0.2, 0) is 0 Å². The molecule has 2 N–H and O–H groups in total. The predicted molar refractivity (Wildman–Crippen MR) is 93.0 cm³/mol. The smallest absolute Gasteiger partial charge is 0.317 e. The average molecular weight is 345 g/mol. The number of aryl methyl sites for hydroxylation is 1. The molecule has 128 valence electrons. The predicted octanol–water partition coefficient (Wildman–Crippen LogP) is 3.21. The van der Waals surface area contributed by atoms with E-state index in [1.165, 1.54) is 23.4 Å². The van der Waals surface area contributed by atoms with Crippen molar-refractivity contribution in [2.75, 3.05) is 13.1 Å². The molecule has 4 rings (SSSR count). The van der Waals surface area contributed by atoms with Crippen molar-refractivity contribution in [1.29, 1.82) is 0 Å². The van der Waals surface area contributed by atoms with E-state index in [0.29, 0.717) is 11.8 Å². The summed E-state index contributed by atoms with van der Waals surface area (Å²) in [5, 5.41) is 4.29. The second-order valence-electron chi connectivity index (χ2n) is 6.84. The minimum atomic E-state index is 0.0582. The van der Waals surface area contributed by atoms with Crippen LogP contribution < -0.4 is 5.32 Å². The van der Waals surface area contributed by atoms with Gasteiger partial charge in [-0.05, 0) is 38.5 Å². The molecular formula is C17H23N5OS. The third-order valence-electron chi connectivity index (χ3n) is 5.02. The highest BCUT2D eigenvalue weighted by molar-refractivity contribution is 7.11. The van der Waals surface area contributed by atoms with Gasteiger partial charge >= 0.3 is 6.03 Å². The molecule has 0 aromatic carbocycles. The van der Waals surface area contributed by atoms with Crippen LogP contribution in [0.15, 0.2) is 18.7 Å². The zero-order chi connectivity index (χ0) is 16.5. The number of piperidine rings is 1. The maximum Gasteiger partial charge on any atom is 0.317 e.